The second kappa shape index (κ2) is 9.65. The Bertz CT molecular complexity index is 1030. The van der Waals surface area contributed by atoms with E-state index < -0.39 is 0 Å². The molecule has 2 aromatic heterocycles. The molecule has 35 heavy (non-hydrogen) atoms. The molecule has 0 atom stereocenters. The van der Waals surface area contributed by atoms with Gasteiger partial charge in [0.05, 0.1) is 11.9 Å². The molecule has 0 aromatic carbocycles. The van der Waals surface area contributed by atoms with E-state index in [4.69, 9.17) is 20.7 Å². The summed E-state index contributed by atoms with van der Waals surface area (Å²) in [4.78, 5) is 28.9. The first-order chi connectivity index (χ1) is 17.1. The number of nitrogens with zero attached hydrogens (tertiary/aromatic N) is 5. The van der Waals surface area contributed by atoms with Crippen molar-refractivity contribution in [2.24, 2.45) is 5.73 Å². The van der Waals surface area contributed by atoms with E-state index in [2.05, 4.69) is 20.1 Å². The third-order valence-corrected chi connectivity index (χ3v) is 9.15. The van der Waals surface area contributed by atoms with E-state index in [0.29, 0.717) is 30.1 Å². The van der Waals surface area contributed by atoms with Crippen LogP contribution in [0.1, 0.15) is 89.5 Å². The van der Waals surface area contributed by atoms with Gasteiger partial charge >= 0.3 is 0 Å². The normalized spacial score (nSPS) is 28.1. The average molecular weight is 481 g/mol. The predicted octanol–water partition coefficient (Wildman–Crippen LogP) is 3.62. The topological polar surface area (TPSA) is 114 Å². The Morgan fingerprint density at radius 2 is 1.63 bits per heavy atom. The maximum Gasteiger partial charge on any atom is 0.227 e. The molecule has 3 saturated carbocycles. The molecule has 0 bridgehead atoms. The van der Waals surface area contributed by atoms with Crippen LogP contribution in [0.15, 0.2) is 6.33 Å². The van der Waals surface area contributed by atoms with Crippen molar-refractivity contribution in [3.63, 3.8) is 0 Å². The smallest absolute Gasteiger partial charge is 0.227 e. The third-order valence-electron chi connectivity index (χ3n) is 9.15. The highest BCUT2D eigenvalue weighted by Gasteiger charge is 2.43. The van der Waals surface area contributed by atoms with E-state index in [-0.39, 0.29) is 5.54 Å². The van der Waals surface area contributed by atoms with Gasteiger partial charge in [-0.2, -0.15) is 9.97 Å². The number of nitrogens with one attached hydrogen (secondary N) is 2. The SMILES string of the molecule is NC1CCC(Nc2nc(NC3CCN(C4(C=O)CCC4)CC3)c3ncn(C4CCCC4)c3n2)CC1. The van der Waals surface area contributed by atoms with Crippen LogP contribution >= 0.6 is 0 Å². The molecular weight excluding hydrogens is 440 g/mol. The molecule has 0 spiro atoms. The van der Waals surface area contributed by atoms with Crippen LogP contribution in [0.2, 0.25) is 0 Å². The molecule has 6 rings (SSSR count). The number of aromatic nitrogens is 4. The fraction of sp³-hybridized carbons (Fsp3) is 0.769. The number of aldehydes is 1. The highest BCUT2D eigenvalue weighted by molar-refractivity contribution is 5.84. The van der Waals surface area contributed by atoms with E-state index in [1.54, 1.807) is 0 Å². The van der Waals surface area contributed by atoms with Crippen LogP contribution in [-0.2, 0) is 4.79 Å². The number of anilines is 2. The molecular formula is C26H40N8O. The summed E-state index contributed by atoms with van der Waals surface area (Å²) in [5.74, 6) is 1.54. The minimum atomic E-state index is -0.188. The van der Waals surface area contributed by atoms with Gasteiger partial charge < -0.3 is 25.7 Å². The van der Waals surface area contributed by atoms with E-state index in [1.165, 1.54) is 38.4 Å². The second-order valence-electron chi connectivity index (χ2n) is 11.4. The molecule has 0 unspecified atom stereocenters. The number of carbonyl (C=O) groups excluding carboxylic acids is 1. The number of carbonyl (C=O) groups is 1. The van der Waals surface area contributed by atoms with Gasteiger partial charge in [-0.1, -0.05) is 12.8 Å². The molecule has 4 aliphatic rings. The lowest BCUT2D eigenvalue weighted by molar-refractivity contribution is -0.125. The van der Waals surface area contributed by atoms with E-state index in [9.17, 15) is 4.79 Å². The highest BCUT2D eigenvalue weighted by atomic mass is 16.1. The average Bonchev–Trinajstić information content (AvgIpc) is 3.51. The number of fused-ring (bicyclic) bond motifs is 1. The Labute approximate surface area is 207 Å². The largest absolute Gasteiger partial charge is 0.365 e. The van der Waals surface area contributed by atoms with Gasteiger partial charge in [-0.3, -0.25) is 4.90 Å². The van der Waals surface area contributed by atoms with Gasteiger partial charge in [-0.25, -0.2) is 4.98 Å². The first kappa shape index (κ1) is 23.2. The number of piperidine rings is 1. The number of rotatable bonds is 7. The zero-order valence-corrected chi connectivity index (χ0v) is 20.8. The molecule has 190 valence electrons. The minimum Gasteiger partial charge on any atom is -0.365 e. The summed E-state index contributed by atoms with van der Waals surface area (Å²) in [5, 5.41) is 7.36. The number of likely N-dealkylation sites (tertiary alicyclic amines) is 1. The molecule has 0 amide bonds. The molecule has 2 aromatic rings. The maximum absolute atomic E-state index is 11.8. The monoisotopic (exact) mass is 480 g/mol. The lowest BCUT2D eigenvalue weighted by atomic mass is 9.75. The maximum atomic E-state index is 11.8. The molecule has 9 nitrogen and oxygen atoms in total. The van der Waals surface area contributed by atoms with Crippen LogP contribution < -0.4 is 16.4 Å². The first-order valence-electron chi connectivity index (χ1n) is 13.9. The zero-order chi connectivity index (χ0) is 23.8. The van der Waals surface area contributed by atoms with Crippen molar-refractivity contribution in [3.05, 3.63) is 6.33 Å². The second-order valence-corrected chi connectivity index (χ2v) is 11.4. The summed E-state index contributed by atoms with van der Waals surface area (Å²) in [6, 6.07) is 1.49. The summed E-state index contributed by atoms with van der Waals surface area (Å²) in [6.45, 7) is 1.91. The summed E-state index contributed by atoms with van der Waals surface area (Å²) in [6.07, 6.45) is 17.5. The van der Waals surface area contributed by atoms with Crippen molar-refractivity contribution in [2.75, 3.05) is 23.7 Å². The number of hydrogen-bond donors (Lipinski definition) is 3. The van der Waals surface area contributed by atoms with Crippen LogP contribution in [0, 0.1) is 0 Å². The van der Waals surface area contributed by atoms with Gasteiger partial charge in [-0.15, -0.1) is 0 Å². The third kappa shape index (κ3) is 4.53. The summed E-state index contributed by atoms with van der Waals surface area (Å²) >= 11 is 0. The van der Waals surface area contributed by atoms with E-state index in [0.717, 1.165) is 81.4 Å². The molecule has 4 fully saturated rings. The Balaban J connectivity index is 1.22. The molecule has 9 heteroatoms. The molecule has 3 aliphatic carbocycles. The van der Waals surface area contributed by atoms with Crippen molar-refractivity contribution in [1.29, 1.82) is 0 Å². The lowest BCUT2D eigenvalue weighted by Gasteiger charge is -2.49. The lowest BCUT2D eigenvalue weighted by Crippen LogP contribution is -2.58. The van der Waals surface area contributed by atoms with Gasteiger partial charge in [0.2, 0.25) is 5.95 Å². The zero-order valence-electron chi connectivity index (χ0n) is 20.8. The van der Waals surface area contributed by atoms with Crippen molar-refractivity contribution >= 4 is 29.2 Å². The summed E-state index contributed by atoms with van der Waals surface area (Å²) in [5.41, 5.74) is 7.75. The standard InChI is InChI=1S/C26H40N8O/c27-18-6-8-19(9-7-18)30-25-31-23(22-24(32-25)34(17-28-22)21-4-1-2-5-21)29-20-10-14-33(15-11-20)26(16-35)12-3-13-26/h16-21H,1-15,27H2,(H2,29,30,31,32). The molecule has 3 heterocycles. The summed E-state index contributed by atoms with van der Waals surface area (Å²) in [7, 11) is 0. The number of imidazole rings is 1. The molecule has 0 radical (unpaired) electrons. The molecule has 1 aliphatic heterocycles. The summed E-state index contributed by atoms with van der Waals surface area (Å²) < 4.78 is 2.28. The first-order valence-corrected chi connectivity index (χ1v) is 13.9. The fourth-order valence-electron chi connectivity index (χ4n) is 6.69. The van der Waals surface area contributed by atoms with Gasteiger partial charge in [-0.05, 0) is 70.6 Å². The van der Waals surface area contributed by atoms with Crippen molar-refractivity contribution in [1.82, 2.24) is 24.4 Å². The van der Waals surface area contributed by atoms with Gasteiger partial charge in [0, 0.05) is 37.3 Å². The van der Waals surface area contributed by atoms with Crippen LogP contribution in [0.3, 0.4) is 0 Å². The Kier molecular flexibility index (Phi) is 6.39. The van der Waals surface area contributed by atoms with Gasteiger partial charge in [0.15, 0.2) is 17.0 Å². The van der Waals surface area contributed by atoms with Gasteiger partial charge in [0.25, 0.3) is 0 Å². The Morgan fingerprint density at radius 1 is 0.914 bits per heavy atom. The number of hydrogen-bond acceptors (Lipinski definition) is 8. The predicted molar refractivity (Wildman–Crippen MR) is 138 cm³/mol. The van der Waals surface area contributed by atoms with Crippen LogP contribution in [0.25, 0.3) is 11.2 Å². The quantitative estimate of drug-likeness (QED) is 0.515. The molecule has 4 N–H and O–H groups in total. The van der Waals surface area contributed by atoms with Crippen molar-refractivity contribution in [3.8, 4) is 0 Å². The fourth-order valence-corrected chi connectivity index (χ4v) is 6.69. The Morgan fingerprint density at radius 3 is 2.29 bits per heavy atom. The van der Waals surface area contributed by atoms with Crippen LogP contribution in [-0.4, -0.2) is 67.5 Å². The van der Waals surface area contributed by atoms with Crippen LogP contribution in [0.5, 0.6) is 0 Å². The van der Waals surface area contributed by atoms with Crippen molar-refractivity contribution in [2.45, 2.75) is 113 Å². The molecule has 1 saturated heterocycles. The highest BCUT2D eigenvalue weighted by Crippen LogP contribution is 2.38. The van der Waals surface area contributed by atoms with Gasteiger partial charge in [0.1, 0.15) is 6.29 Å². The van der Waals surface area contributed by atoms with E-state index >= 15 is 0 Å². The Hall–Kier alpha value is -2.26. The van der Waals surface area contributed by atoms with Crippen molar-refractivity contribution < 1.29 is 4.79 Å². The minimum absolute atomic E-state index is 0.188. The van der Waals surface area contributed by atoms with E-state index in [1.807, 2.05) is 6.33 Å². The van der Waals surface area contributed by atoms with Crippen LogP contribution in [0.4, 0.5) is 11.8 Å². The number of nitrogens with two attached hydrogens (primary N) is 1.